The maximum atomic E-state index is 12.4. The lowest BCUT2D eigenvalue weighted by atomic mass is 9.85. The second-order valence-corrected chi connectivity index (χ2v) is 6.26. The number of allylic oxidation sites excluding steroid dienone is 2. The summed E-state index contributed by atoms with van der Waals surface area (Å²) in [5.74, 6) is 0.0700. The minimum absolute atomic E-state index is 0.0547. The molecule has 1 fully saturated rings. The zero-order chi connectivity index (χ0) is 17.1. The van der Waals surface area contributed by atoms with Crippen LogP contribution in [-0.4, -0.2) is 23.6 Å². The first-order valence-electron chi connectivity index (χ1n) is 8.13. The van der Waals surface area contributed by atoms with Crippen LogP contribution >= 0.6 is 0 Å². The highest BCUT2D eigenvalue weighted by atomic mass is 16.2. The van der Waals surface area contributed by atoms with Gasteiger partial charge in [-0.25, -0.2) is 0 Å². The van der Waals surface area contributed by atoms with Gasteiger partial charge in [-0.3, -0.25) is 9.59 Å². The van der Waals surface area contributed by atoms with Crippen LogP contribution in [0.1, 0.15) is 54.6 Å². The smallest absolute Gasteiger partial charge is 0.229 e. The Labute approximate surface area is 138 Å². The van der Waals surface area contributed by atoms with Gasteiger partial charge in [0.1, 0.15) is 0 Å². The van der Waals surface area contributed by atoms with Gasteiger partial charge in [0.2, 0.25) is 5.91 Å². The molecule has 122 valence electrons. The Morgan fingerprint density at radius 1 is 1.39 bits per heavy atom. The molecule has 1 aliphatic heterocycles. The molecule has 1 unspecified atom stereocenters. The second-order valence-electron chi connectivity index (χ2n) is 6.26. The van der Waals surface area contributed by atoms with Gasteiger partial charge in [0.05, 0.1) is 0 Å². The number of amides is 1. The fraction of sp³-hybridized carbons (Fsp3) is 0.400. The number of aryl methyl sites for hydroxylation is 1. The molecule has 0 bridgehead atoms. The third-order valence-corrected chi connectivity index (χ3v) is 4.69. The summed E-state index contributed by atoms with van der Waals surface area (Å²) in [5, 5.41) is 0. The average molecular weight is 311 g/mol. The third-order valence-electron chi connectivity index (χ3n) is 4.69. The average Bonchev–Trinajstić information content (AvgIpc) is 2.54. The molecule has 1 aliphatic rings. The molecule has 0 radical (unpaired) electrons. The zero-order valence-electron chi connectivity index (χ0n) is 14.3. The number of ketones is 1. The van der Waals surface area contributed by atoms with Crippen LogP contribution in [0.4, 0.5) is 0 Å². The fourth-order valence-corrected chi connectivity index (χ4v) is 3.26. The van der Waals surface area contributed by atoms with E-state index in [1.807, 2.05) is 25.1 Å². The Hall–Kier alpha value is -2.16. The van der Waals surface area contributed by atoms with Gasteiger partial charge in [0.15, 0.2) is 5.78 Å². The van der Waals surface area contributed by atoms with E-state index in [1.54, 1.807) is 18.9 Å². The number of hydrogen-bond donors (Lipinski definition) is 0. The molecular weight excluding hydrogens is 286 g/mol. The first-order chi connectivity index (χ1) is 10.9. The van der Waals surface area contributed by atoms with E-state index in [0.717, 1.165) is 47.2 Å². The maximum Gasteiger partial charge on any atom is 0.229 e. The highest BCUT2D eigenvalue weighted by Crippen LogP contribution is 2.33. The fourth-order valence-electron chi connectivity index (χ4n) is 3.26. The van der Waals surface area contributed by atoms with E-state index < -0.39 is 0 Å². The number of rotatable bonds is 5. The summed E-state index contributed by atoms with van der Waals surface area (Å²) >= 11 is 0. The highest BCUT2D eigenvalue weighted by Gasteiger charge is 2.29. The quantitative estimate of drug-likeness (QED) is 0.763. The Bertz CT molecular complexity index is 672. The van der Waals surface area contributed by atoms with Crippen LogP contribution in [0.2, 0.25) is 0 Å². The molecule has 3 nitrogen and oxygen atoms in total. The van der Waals surface area contributed by atoms with Crippen molar-refractivity contribution >= 4 is 17.3 Å². The molecular formula is C20H25NO2. The van der Waals surface area contributed by atoms with Crippen LogP contribution in [0.25, 0.3) is 5.57 Å². The van der Waals surface area contributed by atoms with Gasteiger partial charge in [0.25, 0.3) is 0 Å². The molecule has 0 spiro atoms. The molecule has 1 aromatic rings. The van der Waals surface area contributed by atoms with Crippen molar-refractivity contribution in [2.75, 3.05) is 7.05 Å². The van der Waals surface area contributed by atoms with Crippen LogP contribution in [0.3, 0.4) is 0 Å². The molecule has 0 aromatic heterocycles. The predicted octanol–water partition coefficient (Wildman–Crippen LogP) is 4.24. The molecule has 1 atom stereocenters. The van der Waals surface area contributed by atoms with Gasteiger partial charge in [-0.05, 0) is 49.3 Å². The van der Waals surface area contributed by atoms with Crippen molar-refractivity contribution in [3.63, 3.8) is 0 Å². The van der Waals surface area contributed by atoms with E-state index in [2.05, 4.69) is 13.2 Å². The Kier molecular flexibility index (Phi) is 5.19. The maximum absolute atomic E-state index is 12.4. The van der Waals surface area contributed by atoms with Crippen LogP contribution in [0.15, 0.2) is 37.1 Å². The number of likely N-dealkylation sites (tertiary alicyclic amines) is 1. The monoisotopic (exact) mass is 311 g/mol. The minimum Gasteiger partial charge on any atom is -0.320 e. The van der Waals surface area contributed by atoms with E-state index in [9.17, 15) is 9.59 Å². The van der Waals surface area contributed by atoms with Gasteiger partial charge in [-0.15, -0.1) is 0 Å². The Balaban J connectivity index is 2.27. The van der Waals surface area contributed by atoms with Crippen LogP contribution in [-0.2, 0) is 11.2 Å². The Morgan fingerprint density at radius 3 is 2.70 bits per heavy atom. The van der Waals surface area contributed by atoms with Crippen LogP contribution in [0, 0.1) is 5.92 Å². The summed E-state index contributed by atoms with van der Waals surface area (Å²) in [6, 6.07) is 5.88. The molecule has 0 N–H and O–H groups in total. The van der Waals surface area contributed by atoms with Crippen molar-refractivity contribution < 1.29 is 9.59 Å². The van der Waals surface area contributed by atoms with E-state index in [-0.39, 0.29) is 17.6 Å². The molecule has 23 heavy (non-hydrogen) atoms. The molecule has 3 heteroatoms. The Morgan fingerprint density at radius 2 is 2.09 bits per heavy atom. The van der Waals surface area contributed by atoms with Gasteiger partial charge in [-0.2, -0.15) is 0 Å². The molecule has 0 aliphatic carbocycles. The van der Waals surface area contributed by atoms with Crippen molar-refractivity contribution in [3.05, 3.63) is 53.7 Å². The van der Waals surface area contributed by atoms with E-state index >= 15 is 0 Å². The number of piperidine rings is 1. The number of carbonyl (C=O) groups is 2. The van der Waals surface area contributed by atoms with Crippen LogP contribution < -0.4 is 0 Å². The SMILES string of the molecule is C=C(CC1CCC(=C)N(C)C1=O)c1cccc(CC)c1C(C)=O. The molecule has 1 saturated heterocycles. The molecule has 0 saturated carbocycles. The number of nitrogens with zero attached hydrogens (tertiary/aromatic N) is 1. The summed E-state index contributed by atoms with van der Waals surface area (Å²) in [6.45, 7) is 11.7. The summed E-state index contributed by atoms with van der Waals surface area (Å²) < 4.78 is 0. The van der Waals surface area contributed by atoms with Crippen molar-refractivity contribution in [1.82, 2.24) is 4.90 Å². The van der Waals surface area contributed by atoms with Gasteiger partial charge < -0.3 is 4.90 Å². The van der Waals surface area contributed by atoms with E-state index in [1.165, 1.54) is 0 Å². The van der Waals surface area contributed by atoms with Crippen molar-refractivity contribution in [1.29, 1.82) is 0 Å². The van der Waals surface area contributed by atoms with Gasteiger partial charge in [0, 0.05) is 24.2 Å². The van der Waals surface area contributed by atoms with Crippen molar-refractivity contribution in [2.24, 2.45) is 5.92 Å². The van der Waals surface area contributed by atoms with Crippen molar-refractivity contribution in [3.8, 4) is 0 Å². The molecule has 1 aromatic carbocycles. The summed E-state index contributed by atoms with van der Waals surface area (Å²) in [5.41, 5.74) is 4.41. The topological polar surface area (TPSA) is 37.4 Å². The summed E-state index contributed by atoms with van der Waals surface area (Å²) in [4.78, 5) is 26.1. The summed E-state index contributed by atoms with van der Waals surface area (Å²) in [7, 11) is 1.78. The highest BCUT2D eigenvalue weighted by molar-refractivity contribution is 6.00. The van der Waals surface area contributed by atoms with Gasteiger partial charge >= 0.3 is 0 Å². The predicted molar refractivity (Wildman–Crippen MR) is 94.1 cm³/mol. The minimum atomic E-state index is -0.0805. The first kappa shape index (κ1) is 17.2. The van der Waals surface area contributed by atoms with E-state index in [0.29, 0.717) is 6.42 Å². The molecule has 1 amide bonds. The largest absolute Gasteiger partial charge is 0.320 e. The number of benzene rings is 1. The second kappa shape index (κ2) is 6.95. The first-order valence-corrected chi connectivity index (χ1v) is 8.13. The van der Waals surface area contributed by atoms with Gasteiger partial charge in [-0.1, -0.05) is 38.3 Å². The molecule has 1 heterocycles. The van der Waals surface area contributed by atoms with Crippen molar-refractivity contribution in [2.45, 2.75) is 39.5 Å². The summed E-state index contributed by atoms with van der Waals surface area (Å²) in [6.07, 6.45) is 3.02. The number of Topliss-reactive ketones (excluding diaryl/α,β-unsaturated/α-hetero) is 1. The number of carbonyl (C=O) groups excluding carboxylic acids is 2. The van der Waals surface area contributed by atoms with E-state index in [4.69, 9.17) is 0 Å². The normalized spacial score (nSPS) is 18.2. The zero-order valence-corrected chi connectivity index (χ0v) is 14.3. The lowest BCUT2D eigenvalue weighted by molar-refractivity contribution is -0.134. The van der Waals surface area contributed by atoms with Crippen LogP contribution in [0.5, 0.6) is 0 Å². The molecule has 2 rings (SSSR count). The third kappa shape index (κ3) is 3.44. The lowest BCUT2D eigenvalue weighted by Crippen LogP contribution is -2.36. The lowest BCUT2D eigenvalue weighted by Gasteiger charge is -2.31. The standard InChI is InChI=1S/C20H25NO2/c1-6-16-8-7-9-18(19(16)15(4)22)13(2)12-17-11-10-14(3)21(5)20(17)23/h7-9,17H,2-3,6,10-12H2,1,4-5H3. The number of hydrogen-bond acceptors (Lipinski definition) is 2.